The monoisotopic (exact) mass is 514 g/mol. The number of thiophene rings is 1. The van der Waals surface area contributed by atoms with Crippen molar-refractivity contribution in [3.05, 3.63) is 51.7 Å². The molecule has 0 saturated carbocycles. The van der Waals surface area contributed by atoms with Gasteiger partial charge in [0.05, 0.1) is 19.2 Å². The van der Waals surface area contributed by atoms with Gasteiger partial charge in [-0.15, -0.1) is 35.3 Å². The Balaban J connectivity index is 0.00000280. The van der Waals surface area contributed by atoms with Gasteiger partial charge in [-0.25, -0.2) is 4.99 Å². The second kappa shape index (κ2) is 10.7. The molecule has 0 radical (unpaired) electrons. The Kier molecular flexibility index (Phi) is 8.56. The minimum Gasteiger partial charge on any atom is -0.493 e. The molecule has 1 aromatic heterocycles. The molecule has 0 spiro atoms. The first-order valence-corrected chi connectivity index (χ1v) is 9.86. The van der Waals surface area contributed by atoms with Crippen LogP contribution in [0.3, 0.4) is 0 Å². The third-order valence-electron chi connectivity index (χ3n) is 4.37. The first-order valence-electron chi connectivity index (χ1n) is 9.05. The summed E-state index contributed by atoms with van der Waals surface area (Å²) >= 11 is 1.75. The largest absolute Gasteiger partial charge is 0.493 e. The van der Waals surface area contributed by atoms with Crippen molar-refractivity contribution in [2.75, 3.05) is 27.2 Å². The van der Waals surface area contributed by atoms with Gasteiger partial charge in [-0.3, -0.25) is 4.79 Å². The maximum absolute atomic E-state index is 12.0. The Hall–Kier alpha value is -1.81. The molecule has 3 rings (SSSR count). The predicted octanol–water partition coefficient (Wildman–Crippen LogP) is 3.32. The Morgan fingerprint density at radius 2 is 2.07 bits per heavy atom. The van der Waals surface area contributed by atoms with Crippen LogP contribution in [0.5, 0.6) is 5.75 Å². The maximum atomic E-state index is 12.0. The van der Waals surface area contributed by atoms with Gasteiger partial charge < -0.3 is 20.3 Å². The van der Waals surface area contributed by atoms with Gasteiger partial charge in [-0.05, 0) is 25.1 Å². The number of nitrogens with one attached hydrogen (secondary N) is 2. The van der Waals surface area contributed by atoms with E-state index in [0.29, 0.717) is 19.1 Å². The number of para-hydroxylation sites is 1. The first-order chi connectivity index (χ1) is 13.0. The number of aryl methyl sites for hydroxylation is 1. The Bertz CT molecular complexity index is 822. The summed E-state index contributed by atoms with van der Waals surface area (Å²) in [6, 6.07) is 12.4. The molecule has 1 aliphatic heterocycles. The molecular formula is C20H27IN4O2S. The number of carbonyl (C=O) groups excluding carboxylic acids is 1. The van der Waals surface area contributed by atoms with Crippen LogP contribution in [0.1, 0.15) is 27.8 Å². The zero-order valence-corrected chi connectivity index (χ0v) is 19.5. The van der Waals surface area contributed by atoms with E-state index in [9.17, 15) is 4.79 Å². The van der Waals surface area contributed by atoms with Gasteiger partial charge in [0, 0.05) is 35.8 Å². The number of hydrogen-bond donors (Lipinski definition) is 2. The summed E-state index contributed by atoms with van der Waals surface area (Å²) in [4.78, 5) is 20.5. The van der Waals surface area contributed by atoms with Crippen molar-refractivity contribution in [2.24, 2.45) is 4.99 Å². The zero-order valence-electron chi connectivity index (χ0n) is 16.4. The lowest BCUT2D eigenvalue weighted by atomic mass is 10.0. The summed E-state index contributed by atoms with van der Waals surface area (Å²) in [5.41, 5.74) is 1.11. The molecule has 152 valence electrons. The third-order valence-corrected chi connectivity index (χ3v) is 5.37. The van der Waals surface area contributed by atoms with Gasteiger partial charge in [-0.1, -0.05) is 18.2 Å². The SMILES string of the molecule is Cc1ccc(CNC(=NCC(=O)N(C)C)NC2CCOc3ccccc32)s1.I. The highest BCUT2D eigenvalue weighted by Gasteiger charge is 2.22. The summed E-state index contributed by atoms with van der Waals surface area (Å²) in [6.45, 7) is 3.53. The third kappa shape index (κ3) is 6.10. The number of guanidine groups is 1. The lowest BCUT2D eigenvalue weighted by Crippen LogP contribution is -2.41. The van der Waals surface area contributed by atoms with Crippen molar-refractivity contribution in [1.29, 1.82) is 0 Å². The van der Waals surface area contributed by atoms with Crippen LogP contribution in [0.2, 0.25) is 0 Å². The number of amides is 1. The quantitative estimate of drug-likeness (QED) is 0.365. The van der Waals surface area contributed by atoms with E-state index >= 15 is 0 Å². The number of likely N-dealkylation sites (N-methyl/N-ethyl adjacent to an activating group) is 1. The Morgan fingerprint density at radius 3 is 2.79 bits per heavy atom. The van der Waals surface area contributed by atoms with Crippen LogP contribution in [0.4, 0.5) is 0 Å². The minimum atomic E-state index is -0.0320. The fraction of sp³-hybridized carbons (Fsp3) is 0.400. The molecule has 2 N–H and O–H groups in total. The van der Waals surface area contributed by atoms with Crippen molar-refractivity contribution in [1.82, 2.24) is 15.5 Å². The fourth-order valence-electron chi connectivity index (χ4n) is 2.85. The molecule has 1 aliphatic rings. The van der Waals surface area contributed by atoms with Crippen molar-refractivity contribution < 1.29 is 9.53 Å². The number of rotatable bonds is 5. The number of fused-ring (bicyclic) bond motifs is 1. The van der Waals surface area contributed by atoms with Crippen LogP contribution in [0.15, 0.2) is 41.4 Å². The van der Waals surface area contributed by atoms with Crippen LogP contribution in [-0.4, -0.2) is 44.0 Å². The zero-order chi connectivity index (χ0) is 19.2. The van der Waals surface area contributed by atoms with E-state index in [0.717, 1.165) is 17.7 Å². The van der Waals surface area contributed by atoms with E-state index in [-0.39, 0.29) is 42.5 Å². The topological polar surface area (TPSA) is 66.0 Å². The Morgan fingerprint density at radius 1 is 1.29 bits per heavy atom. The van der Waals surface area contributed by atoms with Gasteiger partial charge in [0.2, 0.25) is 5.91 Å². The normalized spacial score (nSPS) is 15.7. The average molecular weight is 514 g/mol. The van der Waals surface area contributed by atoms with E-state index in [1.54, 1.807) is 30.3 Å². The highest BCUT2D eigenvalue weighted by molar-refractivity contribution is 14.0. The molecule has 0 aliphatic carbocycles. The number of nitrogens with zero attached hydrogens (tertiary/aromatic N) is 2. The van der Waals surface area contributed by atoms with E-state index in [1.165, 1.54) is 9.75 Å². The highest BCUT2D eigenvalue weighted by atomic mass is 127. The second-order valence-electron chi connectivity index (χ2n) is 6.69. The summed E-state index contributed by atoms with van der Waals surface area (Å²) in [5.74, 6) is 1.51. The number of halogens is 1. The van der Waals surface area contributed by atoms with Crippen molar-refractivity contribution in [3.8, 4) is 5.75 Å². The predicted molar refractivity (Wildman–Crippen MR) is 125 cm³/mol. The fourth-order valence-corrected chi connectivity index (χ4v) is 3.68. The smallest absolute Gasteiger partial charge is 0.243 e. The lowest BCUT2D eigenvalue weighted by molar-refractivity contribution is -0.127. The van der Waals surface area contributed by atoms with E-state index in [2.05, 4.69) is 40.7 Å². The van der Waals surface area contributed by atoms with E-state index < -0.39 is 0 Å². The highest BCUT2D eigenvalue weighted by Crippen LogP contribution is 2.31. The summed E-state index contributed by atoms with van der Waals surface area (Å²) < 4.78 is 5.74. The van der Waals surface area contributed by atoms with Crippen LogP contribution in [0.25, 0.3) is 0 Å². The number of hydrogen-bond acceptors (Lipinski definition) is 4. The van der Waals surface area contributed by atoms with E-state index in [1.807, 2.05) is 18.2 Å². The first kappa shape index (κ1) is 22.5. The molecule has 8 heteroatoms. The average Bonchev–Trinajstić information content (AvgIpc) is 3.09. The maximum Gasteiger partial charge on any atom is 0.243 e. The molecule has 1 unspecified atom stereocenters. The molecule has 1 aromatic carbocycles. The molecule has 2 aromatic rings. The molecule has 1 amide bonds. The van der Waals surface area contributed by atoms with Gasteiger partial charge in [0.25, 0.3) is 0 Å². The van der Waals surface area contributed by atoms with Gasteiger partial charge >= 0.3 is 0 Å². The van der Waals surface area contributed by atoms with Crippen LogP contribution in [-0.2, 0) is 11.3 Å². The molecule has 0 fully saturated rings. The van der Waals surface area contributed by atoms with Crippen LogP contribution in [0, 0.1) is 6.92 Å². The van der Waals surface area contributed by atoms with Crippen LogP contribution >= 0.6 is 35.3 Å². The van der Waals surface area contributed by atoms with Gasteiger partial charge in [0.15, 0.2) is 5.96 Å². The van der Waals surface area contributed by atoms with Crippen LogP contribution < -0.4 is 15.4 Å². The van der Waals surface area contributed by atoms with Gasteiger partial charge in [0.1, 0.15) is 12.3 Å². The lowest BCUT2D eigenvalue weighted by Gasteiger charge is -2.28. The van der Waals surface area contributed by atoms with Gasteiger partial charge in [-0.2, -0.15) is 0 Å². The van der Waals surface area contributed by atoms with Crippen molar-refractivity contribution in [3.63, 3.8) is 0 Å². The standard InChI is InChI=1S/C20H26N4O2S.HI/c1-14-8-9-15(27-14)12-21-20(22-13-19(25)24(2)3)23-17-10-11-26-18-7-5-4-6-16(17)18;/h4-9,17H,10-13H2,1-3H3,(H2,21,22,23);1H. The molecule has 1 atom stereocenters. The summed E-state index contributed by atoms with van der Waals surface area (Å²) in [6.07, 6.45) is 0.845. The molecule has 6 nitrogen and oxygen atoms in total. The molecule has 0 saturated heterocycles. The summed E-state index contributed by atoms with van der Waals surface area (Å²) in [7, 11) is 3.48. The molecule has 28 heavy (non-hydrogen) atoms. The van der Waals surface area contributed by atoms with E-state index in [4.69, 9.17) is 4.74 Å². The molecular weight excluding hydrogens is 487 g/mol. The summed E-state index contributed by atoms with van der Waals surface area (Å²) in [5, 5.41) is 6.84. The minimum absolute atomic E-state index is 0. The molecule has 2 heterocycles. The number of benzene rings is 1. The number of aliphatic imine (C=N–C) groups is 1. The molecule has 0 bridgehead atoms. The number of ether oxygens (including phenoxy) is 1. The Labute approximate surface area is 187 Å². The number of carbonyl (C=O) groups is 1. The van der Waals surface area contributed by atoms with Crippen molar-refractivity contribution >= 4 is 47.2 Å². The second-order valence-corrected chi connectivity index (χ2v) is 8.06. The van der Waals surface area contributed by atoms with Crippen molar-refractivity contribution in [2.45, 2.75) is 25.9 Å².